The average molecular weight is 1180 g/mol. The average Bonchev–Trinajstić information content (AvgIpc) is 2.15. The normalized spacial score (nSPS) is 13.7. The number of aromatic amines is 3. The van der Waals surface area contributed by atoms with E-state index in [2.05, 4.69) is 66.4 Å². The minimum atomic E-state index is -0.459. The van der Waals surface area contributed by atoms with Crippen molar-refractivity contribution in [2.45, 2.75) is 44.9 Å². The highest BCUT2D eigenvalue weighted by Crippen LogP contribution is 2.38. The van der Waals surface area contributed by atoms with E-state index in [-0.39, 0.29) is 23.7 Å². The van der Waals surface area contributed by atoms with Gasteiger partial charge in [0.2, 0.25) is 11.8 Å². The van der Waals surface area contributed by atoms with Crippen LogP contribution in [0, 0.1) is 23.5 Å². The number of imidazole rings is 2. The van der Waals surface area contributed by atoms with Crippen molar-refractivity contribution in [2.24, 2.45) is 11.8 Å². The number of hydrogen-bond acceptors (Lipinski definition) is 16. The summed E-state index contributed by atoms with van der Waals surface area (Å²) in [4.78, 5) is 74.1. The lowest BCUT2D eigenvalue weighted by Crippen LogP contribution is -2.35. The Morgan fingerprint density at radius 3 is 1.70 bits per heavy atom. The first kappa shape index (κ1) is 55.3. The maximum absolute atomic E-state index is 15.8. The molecule has 14 rings (SSSR count). The molecule has 2 aliphatic carbocycles. The first-order valence-corrected chi connectivity index (χ1v) is 29.3. The Kier molecular flexibility index (Phi) is 14.7. The molecule has 12 aromatic rings. The van der Waals surface area contributed by atoms with Gasteiger partial charge in [-0.05, 0) is 112 Å². The van der Waals surface area contributed by atoms with Crippen LogP contribution in [0.3, 0.4) is 0 Å². The molecular weight excluding hydrogens is 1120 g/mol. The fraction of sp³-hybridized carbons (Fsp3) is 0.250. The van der Waals surface area contributed by atoms with E-state index in [1.54, 1.807) is 66.8 Å². The Bertz CT molecular complexity index is 4640. The number of nitrogens with zero attached hydrogens (tertiary/aromatic N) is 13. The Morgan fingerprint density at radius 1 is 0.557 bits per heavy atom. The molecule has 0 unspecified atom stereocenters. The summed E-state index contributed by atoms with van der Waals surface area (Å²) in [5.74, 6) is 0.0825. The van der Waals surface area contributed by atoms with Crippen molar-refractivity contribution in [3.8, 4) is 67.5 Å². The zero-order valence-corrected chi connectivity index (χ0v) is 48.4. The molecule has 0 saturated heterocycles. The SMILES string of the molecule is CN(C)CCNc1cc(F)cc(-c2cncc3[nH]c(-c4nn(N(C)CCNc5cc(F)cc(-c6cncc7[nH]c(-c8[nH]nc9ncc(-c%10cncc(NC(=O)C%11CCCCC%11)c%10)cc89)nc67)c5)c5ncc(-c6cncc(NC(=O)C7CC7)c6)cc45)nc23)c1. The predicted molar refractivity (Wildman–Crippen MR) is 336 cm³/mol. The molecule has 0 bridgehead atoms. The molecule has 442 valence electrons. The summed E-state index contributed by atoms with van der Waals surface area (Å²) >= 11 is 0. The van der Waals surface area contributed by atoms with Crippen LogP contribution in [0.25, 0.3) is 112 Å². The number of halogens is 2. The third-order valence-corrected chi connectivity index (χ3v) is 16.2. The maximum Gasteiger partial charge on any atom is 0.227 e. The van der Waals surface area contributed by atoms with Gasteiger partial charge in [-0.3, -0.25) is 39.6 Å². The lowest BCUT2D eigenvalue weighted by Gasteiger charge is -2.20. The summed E-state index contributed by atoms with van der Waals surface area (Å²) < 4.78 is 31.1. The second kappa shape index (κ2) is 23.3. The molecule has 10 heterocycles. The number of benzene rings is 2. The van der Waals surface area contributed by atoms with E-state index >= 15 is 8.78 Å². The number of hydrogen-bond donors (Lipinski definition) is 7. The molecule has 2 saturated carbocycles. The molecule has 0 aliphatic heterocycles. The third kappa shape index (κ3) is 11.4. The van der Waals surface area contributed by atoms with Gasteiger partial charge in [-0.1, -0.05) is 19.3 Å². The van der Waals surface area contributed by atoms with Gasteiger partial charge < -0.3 is 36.1 Å². The fourth-order valence-electron chi connectivity index (χ4n) is 11.4. The minimum absolute atomic E-state index is 0.00634. The van der Waals surface area contributed by atoms with Gasteiger partial charge in [0, 0.05) is 120 Å². The highest BCUT2D eigenvalue weighted by molar-refractivity contribution is 6.00. The number of amides is 2. The van der Waals surface area contributed by atoms with Crippen LogP contribution in [0.2, 0.25) is 0 Å². The fourth-order valence-corrected chi connectivity index (χ4v) is 11.4. The second-order valence-corrected chi connectivity index (χ2v) is 22.9. The second-order valence-electron chi connectivity index (χ2n) is 22.9. The molecule has 2 aromatic carbocycles. The molecule has 24 heteroatoms. The molecule has 2 amide bonds. The molecule has 7 N–H and O–H groups in total. The van der Waals surface area contributed by atoms with Gasteiger partial charge in [-0.2, -0.15) is 9.89 Å². The zero-order valence-electron chi connectivity index (χ0n) is 48.4. The summed E-state index contributed by atoms with van der Waals surface area (Å²) in [6.45, 7) is 2.12. The van der Waals surface area contributed by atoms with E-state index < -0.39 is 11.6 Å². The lowest BCUT2D eigenvalue weighted by molar-refractivity contribution is -0.120. The number of pyridine rings is 6. The Morgan fingerprint density at radius 2 is 1.09 bits per heavy atom. The molecule has 2 aliphatic rings. The first-order chi connectivity index (χ1) is 42.9. The molecule has 2 fully saturated rings. The van der Waals surface area contributed by atoms with E-state index in [1.165, 1.54) is 30.7 Å². The summed E-state index contributed by atoms with van der Waals surface area (Å²) in [6.07, 6.45) is 23.7. The molecular formula is C64H60F2N20O2. The minimum Gasteiger partial charge on any atom is -0.384 e. The number of likely N-dealkylation sites (N-methyl/N-ethyl adjacent to an activating group) is 2. The first-order valence-electron chi connectivity index (χ1n) is 29.3. The standard InChI is InChI=1S/C64H60F2N20O2/c1-84(2)13-11-71-45-17-37(15-43(65)23-45)52-32-70-34-54-56(52)80-61(78-54)58-50-22-42(40-20-48(30-68-26-40)76-64(88)36-9-10-36)28-74-62(50)86(83-58)85(3)14-12-72-46-18-38(16-44(66)24-46)51-31-69-33-53-55(51)79-60(77-53)57-49-21-41(27-73-59(49)82-81-57)39-19-47(29-67-25-39)75-63(87)35-7-5-4-6-8-35/h15-36,71-72H,4-14H2,1-3H3,(H,75,87)(H,76,88)(H,77,79)(H,78,80)(H,73,81,82). The number of nitrogens with one attached hydrogen (secondary N) is 7. The number of rotatable bonds is 19. The van der Waals surface area contributed by atoms with Crippen molar-refractivity contribution in [3.05, 3.63) is 134 Å². The van der Waals surface area contributed by atoms with Gasteiger partial charge in [0.1, 0.15) is 23.0 Å². The topological polar surface area (TPSA) is 270 Å². The van der Waals surface area contributed by atoms with Crippen molar-refractivity contribution in [1.82, 2.24) is 74.8 Å². The largest absolute Gasteiger partial charge is 0.384 e. The summed E-state index contributed by atoms with van der Waals surface area (Å²) in [5.41, 5.74) is 12.3. The van der Waals surface area contributed by atoms with E-state index in [4.69, 9.17) is 20.1 Å². The van der Waals surface area contributed by atoms with Crippen LogP contribution < -0.4 is 26.3 Å². The van der Waals surface area contributed by atoms with Crippen LogP contribution in [0.15, 0.2) is 123 Å². The number of H-pyrrole nitrogens is 3. The molecule has 22 nitrogen and oxygen atoms in total. The Balaban J connectivity index is 0.730. The number of carbonyl (C=O) groups is 2. The van der Waals surface area contributed by atoms with Crippen LogP contribution in [-0.4, -0.2) is 134 Å². The van der Waals surface area contributed by atoms with Crippen LogP contribution in [0.4, 0.5) is 31.5 Å². The van der Waals surface area contributed by atoms with Crippen molar-refractivity contribution in [3.63, 3.8) is 0 Å². The van der Waals surface area contributed by atoms with Crippen molar-refractivity contribution in [2.75, 3.05) is 73.6 Å². The van der Waals surface area contributed by atoms with E-state index in [1.807, 2.05) is 67.5 Å². The highest BCUT2D eigenvalue weighted by Gasteiger charge is 2.30. The number of aromatic nitrogens is 14. The monoisotopic (exact) mass is 1180 g/mol. The van der Waals surface area contributed by atoms with Crippen LogP contribution in [0.1, 0.15) is 44.9 Å². The molecule has 0 radical (unpaired) electrons. The van der Waals surface area contributed by atoms with Gasteiger partial charge in [0.15, 0.2) is 22.9 Å². The smallest absolute Gasteiger partial charge is 0.227 e. The number of fused-ring (bicyclic) bond motifs is 4. The highest BCUT2D eigenvalue weighted by atomic mass is 19.1. The maximum atomic E-state index is 15.8. The quantitative estimate of drug-likeness (QED) is 0.0397. The van der Waals surface area contributed by atoms with Crippen LogP contribution in [-0.2, 0) is 9.59 Å². The molecule has 0 atom stereocenters. The summed E-state index contributed by atoms with van der Waals surface area (Å²) in [5, 5.41) is 28.8. The van der Waals surface area contributed by atoms with E-state index in [9.17, 15) is 9.59 Å². The van der Waals surface area contributed by atoms with Crippen molar-refractivity contribution in [1.29, 1.82) is 0 Å². The number of carbonyl (C=O) groups excluding carboxylic acids is 2. The van der Waals surface area contributed by atoms with Crippen LogP contribution >= 0.6 is 0 Å². The molecule has 10 aromatic heterocycles. The van der Waals surface area contributed by atoms with Crippen molar-refractivity contribution >= 4 is 78.7 Å². The van der Waals surface area contributed by atoms with Gasteiger partial charge in [-0.25, -0.2) is 28.7 Å². The van der Waals surface area contributed by atoms with Crippen molar-refractivity contribution < 1.29 is 18.4 Å². The van der Waals surface area contributed by atoms with E-state index in [0.717, 1.165) is 67.3 Å². The zero-order chi connectivity index (χ0) is 60.0. The predicted octanol–water partition coefficient (Wildman–Crippen LogP) is 10.8. The summed E-state index contributed by atoms with van der Waals surface area (Å²) in [7, 11) is 5.84. The lowest BCUT2D eigenvalue weighted by atomic mass is 9.88. The summed E-state index contributed by atoms with van der Waals surface area (Å²) in [6, 6.07) is 17.3. The third-order valence-electron chi connectivity index (χ3n) is 16.2. The van der Waals surface area contributed by atoms with Gasteiger partial charge in [-0.15, -0.1) is 5.10 Å². The molecule has 88 heavy (non-hydrogen) atoms. The van der Waals surface area contributed by atoms with Gasteiger partial charge in [0.05, 0.1) is 75.5 Å². The number of anilines is 4. The van der Waals surface area contributed by atoms with Gasteiger partial charge >= 0.3 is 0 Å². The Labute approximate surface area is 502 Å². The van der Waals surface area contributed by atoms with E-state index in [0.29, 0.717) is 132 Å². The molecule has 0 spiro atoms. The van der Waals surface area contributed by atoms with Gasteiger partial charge in [0.25, 0.3) is 0 Å². The Hall–Kier alpha value is -10.6. The van der Waals surface area contributed by atoms with Crippen LogP contribution in [0.5, 0.6) is 0 Å².